The van der Waals surface area contributed by atoms with Crippen LogP contribution in [0.2, 0.25) is 0 Å². The van der Waals surface area contributed by atoms with E-state index in [0.29, 0.717) is 39.6 Å². The van der Waals surface area contributed by atoms with E-state index in [0.717, 1.165) is 11.5 Å². The average molecular weight is 383 g/mol. The SMILES string of the molecule is CCOC(=O)Nc1ccccc1O.Cc1nc2nsc([N+]#N)c2cc1C#N. The van der Waals surface area contributed by atoms with Crippen molar-refractivity contribution in [3.8, 4) is 11.8 Å². The van der Waals surface area contributed by atoms with Crippen molar-refractivity contribution in [2.75, 3.05) is 11.9 Å². The maximum atomic E-state index is 10.9. The minimum absolute atomic E-state index is 0.0237. The highest BCUT2D eigenvalue weighted by Crippen LogP contribution is 2.30. The van der Waals surface area contributed by atoms with Gasteiger partial charge in [0.05, 0.1) is 35.1 Å². The number of aromatic nitrogens is 2. The Morgan fingerprint density at radius 1 is 1.44 bits per heavy atom. The van der Waals surface area contributed by atoms with E-state index in [4.69, 9.17) is 10.7 Å². The van der Waals surface area contributed by atoms with E-state index in [1.54, 1.807) is 38.1 Å². The number of carbonyl (C=O) groups is 1. The average Bonchev–Trinajstić information content (AvgIpc) is 3.05. The molecule has 0 atom stereocenters. The molecule has 10 heteroatoms. The fraction of sp³-hybridized carbons (Fsp3) is 0.176. The number of phenols is 1. The number of nitrogens with one attached hydrogen (secondary N) is 1. The van der Waals surface area contributed by atoms with Gasteiger partial charge in [-0.3, -0.25) is 5.32 Å². The van der Waals surface area contributed by atoms with Crippen LogP contribution in [-0.2, 0) is 4.74 Å². The van der Waals surface area contributed by atoms with E-state index in [2.05, 4.69) is 24.4 Å². The molecule has 2 heterocycles. The van der Waals surface area contributed by atoms with Gasteiger partial charge in [0.25, 0.3) is 0 Å². The number of para-hydroxylation sites is 2. The lowest BCUT2D eigenvalue weighted by Gasteiger charge is -2.05. The van der Waals surface area contributed by atoms with Crippen LogP contribution in [0.5, 0.6) is 5.75 Å². The molecule has 0 unspecified atom stereocenters. The number of rotatable bonds is 2. The van der Waals surface area contributed by atoms with E-state index in [1.165, 1.54) is 6.07 Å². The van der Waals surface area contributed by atoms with Gasteiger partial charge in [-0.1, -0.05) is 12.1 Å². The highest BCUT2D eigenvalue weighted by molar-refractivity contribution is 7.11. The maximum absolute atomic E-state index is 10.9. The lowest BCUT2D eigenvalue weighted by atomic mass is 10.2. The minimum Gasteiger partial charge on any atom is -0.506 e. The van der Waals surface area contributed by atoms with Gasteiger partial charge >= 0.3 is 11.1 Å². The van der Waals surface area contributed by atoms with Crippen molar-refractivity contribution in [2.45, 2.75) is 13.8 Å². The first kappa shape index (κ1) is 19.6. The molecule has 27 heavy (non-hydrogen) atoms. The summed E-state index contributed by atoms with van der Waals surface area (Å²) in [5, 5.41) is 30.1. The molecule has 2 N–H and O–H groups in total. The fourth-order valence-corrected chi connectivity index (χ4v) is 2.59. The number of pyridine rings is 1. The Kier molecular flexibility index (Phi) is 6.58. The van der Waals surface area contributed by atoms with Crippen LogP contribution in [0, 0.1) is 23.6 Å². The van der Waals surface area contributed by atoms with Crippen molar-refractivity contribution in [2.24, 2.45) is 0 Å². The number of phenolic OH excluding ortho intramolecular Hbond substituents is 1. The molecule has 0 saturated heterocycles. The first-order chi connectivity index (χ1) is 13.0. The molecular weight excluding hydrogens is 368 g/mol. The highest BCUT2D eigenvalue weighted by Gasteiger charge is 2.19. The number of ether oxygens (including phenoxy) is 1. The molecule has 0 saturated carbocycles. The largest absolute Gasteiger partial charge is 0.506 e. The minimum atomic E-state index is -0.566. The van der Waals surface area contributed by atoms with Gasteiger partial charge in [-0.25, -0.2) is 9.78 Å². The lowest BCUT2D eigenvalue weighted by molar-refractivity contribution is 0.168. The second-order valence-electron chi connectivity index (χ2n) is 5.05. The number of fused-ring (bicyclic) bond motifs is 1. The number of aromatic hydroxyl groups is 1. The Balaban J connectivity index is 0.000000194. The number of aryl methyl sites for hydroxylation is 1. The molecule has 3 aromatic rings. The summed E-state index contributed by atoms with van der Waals surface area (Å²) >= 11 is 1.05. The van der Waals surface area contributed by atoms with Gasteiger partial charge in [0.1, 0.15) is 17.2 Å². The number of diazo groups is 1. The predicted octanol–water partition coefficient (Wildman–Crippen LogP) is 4.32. The number of benzene rings is 1. The molecule has 0 bridgehead atoms. The summed E-state index contributed by atoms with van der Waals surface area (Å²) in [6, 6.07) is 10.1. The highest BCUT2D eigenvalue weighted by atomic mass is 32.1. The zero-order valence-electron chi connectivity index (χ0n) is 14.5. The molecule has 136 valence electrons. The molecule has 2 aromatic heterocycles. The fourth-order valence-electron chi connectivity index (χ4n) is 2.00. The summed E-state index contributed by atoms with van der Waals surface area (Å²) in [5.41, 5.74) is 1.97. The Hall–Kier alpha value is -3.76. The van der Waals surface area contributed by atoms with Crippen molar-refractivity contribution in [1.29, 1.82) is 10.7 Å². The number of anilines is 1. The predicted molar refractivity (Wildman–Crippen MR) is 100 cm³/mol. The van der Waals surface area contributed by atoms with Gasteiger partial charge in [0.15, 0.2) is 10.6 Å². The summed E-state index contributed by atoms with van der Waals surface area (Å²) in [6.45, 7) is 3.76. The molecule has 0 aliphatic carbocycles. The number of hydrogen-bond acceptors (Lipinski definition) is 8. The first-order valence-corrected chi connectivity index (χ1v) is 8.51. The summed E-state index contributed by atoms with van der Waals surface area (Å²) < 4.78 is 8.63. The van der Waals surface area contributed by atoms with Crippen molar-refractivity contribution in [3.63, 3.8) is 0 Å². The van der Waals surface area contributed by atoms with E-state index >= 15 is 0 Å². The summed E-state index contributed by atoms with van der Waals surface area (Å²) in [5.74, 6) is 0.0237. The molecule has 3 rings (SSSR count). The summed E-state index contributed by atoms with van der Waals surface area (Å²) in [4.78, 5) is 18.1. The van der Waals surface area contributed by atoms with Crippen molar-refractivity contribution in [1.82, 2.24) is 9.36 Å². The summed E-state index contributed by atoms with van der Waals surface area (Å²) in [6.07, 6.45) is -0.566. The van der Waals surface area contributed by atoms with Crippen LogP contribution in [0.25, 0.3) is 16.0 Å². The molecule has 0 fully saturated rings. The Bertz CT molecular complexity index is 1050. The van der Waals surface area contributed by atoms with Crippen molar-refractivity contribution < 1.29 is 14.6 Å². The molecule has 0 aliphatic rings. The Morgan fingerprint density at radius 3 is 2.81 bits per heavy atom. The van der Waals surface area contributed by atoms with Gasteiger partial charge in [-0.05, 0) is 32.0 Å². The van der Waals surface area contributed by atoms with Crippen LogP contribution in [0.3, 0.4) is 0 Å². The third-order valence-corrected chi connectivity index (χ3v) is 4.01. The molecule has 0 spiro atoms. The van der Waals surface area contributed by atoms with E-state index in [1.807, 2.05) is 6.07 Å². The number of nitrogens with zero attached hydrogens (tertiary/aromatic N) is 5. The summed E-state index contributed by atoms with van der Waals surface area (Å²) in [7, 11) is 0. The lowest BCUT2D eigenvalue weighted by Crippen LogP contribution is -2.13. The molecule has 0 radical (unpaired) electrons. The number of amides is 1. The number of carbonyl (C=O) groups excluding carboxylic acids is 1. The van der Waals surface area contributed by atoms with Crippen LogP contribution >= 0.6 is 11.5 Å². The second kappa shape index (κ2) is 9.08. The zero-order chi connectivity index (χ0) is 19.8. The number of nitriles is 1. The smallest absolute Gasteiger partial charge is 0.468 e. The third-order valence-electron chi connectivity index (χ3n) is 3.27. The van der Waals surface area contributed by atoms with Gasteiger partial charge in [-0.15, -0.1) is 0 Å². The van der Waals surface area contributed by atoms with Gasteiger partial charge in [0, 0.05) is 0 Å². The molecule has 1 amide bonds. The van der Waals surface area contributed by atoms with Crippen LogP contribution in [-0.4, -0.2) is 27.2 Å². The quantitative estimate of drug-likeness (QED) is 0.497. The van der Waals surface area contributed by atoms with E-state index < -0.39 is 6.09 Å². The van der Waals surface area contributed by atoms with Crippen molar-refractivity contribution >= 4 is 39.3 Å². The molecule has 0 aliphatic heterocycles. The normalized spacial score (nSPS) is 9.48. The topological polar surface area (TPSA) is 136 Å². The van der Waals surface area contributed by atoms with E-state index in [9.17, 15) is 9.90 Å². The first-order valence-electron chi connectivity index (χ1n) is 7.74. The van der Waals surface area contributed by atoms with Crippen LogP contribution < -0.4 is 5.32 Å². The number of hydrogen-bond donors (Lipinski definition) is 2. The van der Waals surface area contributed by atoms with Crippen LogP contribution in [0.4, 0.5) is 15.5 Å². The Morgan fingerprint density at radius 2 is 2.19 bits per heavy atom. The van der Waals surface area contributed by atoms with Gasteiger partial charge < -0.3 is 9.84 Å². The maximum Gasteiger partial charge on any atom is 0.468 e. The van der Waals surface area contributed by atoms with Gasteiger partial charge in [0.2, 0.25) is 5.39 Å². The third kappa shape index (κ3) is 4.87. The second-order valence-corrected chi connectivity index (χ2v) is 5.81. The molecule has 9 nitrogen and oxygen atoms in total. The van der Waals surface area contributed by atoms with Crippen LogP contribution in [0.15, 0.2) is 30.3 Å². The molecule has 1 aromatic carbocycles. The van der Waals surface area contributed by atoms with Gasteiger partial charge in [-0.2, -0.15) is 9.64 Å². The van der Waals surface area contributed by atoms with E-state index in [-0.39, 0.29) is 5.75 Å². The molecular formula is C17H15N6O3S+. The monoisotopic (exact) mass is 383 g/mol. The standard InChI is InChI=1S/C9H11NO3.C8H4N5S/c1-2-13-9(12)10-7-5-3-4-6-8(7)11;1-4-5(3-9)2-6-7(11-4)13-14-8(6)12-10/h3-6,11H,2H2,1H3,(H,10,12);2H,1H3/q;+1. The zero-order valence-corrected chi connectivity index (χ0v) is 15.3. The van der Waals surface area contributed by atoms with Crippen LogP contribution in [0.1, 0.15) is 18.2 Å². The Labute approximate surface area is 158 Å². The van der Waals surface area contributed by atoms with Crippen molar-refractivity contribution in [3.05, 3.63) is 46.6 Å².